The summed E-state index contributed by atoms with van der Waals surface area (Å²) in [6.07, 6.45) is 0.917. The van der Waals surface area contributed by atoms with Gasteiger partial charge in [0.1, 0.15) is 0 Å². The number of nitrogens with zero attached hydrogens (tertiary/aromatic N) is 2. The Morgan fingerprint density at radius 3 is 2.65 bits per heavy atom. The molecule has 3 aromatic rings. The Morgan fingerprint density at radius 1 is 1.13 bits per heavy atom. The van der Waals surface area contributed by atoms with Gasteiger partial charge in [0.15, 0.2) is 0 Å². The van der Waals surface area contributed by atoms with Gasteiger partial charge >= 0.3 is 0 Å². The maximum absolute atomic E-state index is 12.9. The second-order valence-electron chi connectivity index (χ2n) is 7.70. The number of amides is 1. The number of anilines is 1. The number of rotatable bonds is 6. The Hall–Kier alpha value is -2.52. The number of hydrogen-bond donors (Lipinski definition) is 1. The van der Waals surface area contributed by atoms with Gasteiger partial charge in [-0.25, -0.2) is 12.7 Å². The highest BCUT2D eigenvalue weighted by Crippen LogP contribution is 2.37. The van der Waals surface area contributed by atoms with E-state index in [9.17, 15) is 13.2 Å². The van der Waals surface area contributed by atoms with Crippen LogP contribution in [0.15, 0.2) is 70.9 Å². The minimum atomic E-state index is -3.56. The van der Waals surface area contributed by atoms with Gasteiger partial charge in [-0.1, -0.05) is 36.4 Å². The molecule has 2 aromatic carbocycles. The molecule has 0 bridgehead atoms. The molecule has 162 valence electrons. The van der Waals surface area contributed by atoms with Crippen molar-refractivity contribution in [1.29, 1.82) is 0 Å². The van der Waals surface area contributed by atoms with Gasteiger partial charge in [0, 0.05) is 31.2 Å². The third-order valence-corrected chi connectivity index (χ3v) is 8.23. The second-order valence-corrected chi connectivity index (χ2v) is 10.8. The van der Waals surface area contributed by atoms with Crippen LogP contribution in [-0.2, 0) is 21.2 Å². The van der Waals surface area contributed by atoms with E-state index in [4.69, 9.17) is 0 Å². The van der Waals surface area contributed by atoms with Crippen LogP contribution in [0, 0.1) is 0 Å². The van der Waals surface area contributed by atoms with Crippen LogP contribution in [0.25, 0.3) is 0 Å². The first kappa shape index (κ1) is 21.7. The van der Waals surface area contributed by atoms with Gasteiger partial charge in [-0.2, -0.15) is 0 Å². The summed E-state index contributed by atoms with van der Waals surface area (Å²) in [7, 11) is -0.591. The molecule has 1 unspecified atom stereocenters. The summed E-state index contributed by atoms with van der Waals surface area (Å²) in [4.78, 5) is 16.6. The molecule has 1 atom stereocenters. The number of fused-ring (bicyclic) bond motifs is 1. The predicted molar refractivity (Wildman–Crippen MR) is 124 cm³/mol. The molecule has 0 saturated heterocycles. The lowest BCUT2D eigenvalue weighted by Gasteiger charge is -2.35. The zero-order chi connectivity index (χ0) is 22.0. The van der Waals surface area contributed by atoms with Crippen LogP contribution in [-0.4, -0.2) is 50.7 Å². The van der Waals surface area contributed by atoms with Crippen LogP contribution >= 0.6 is 11.3 Å². The van der Waals surface area contributed by atoms with E-state index in [0.29, 0.717) is 5.69 Å². The zero-order valence-corrected chi connectivity index (χ0v) is 19.1. The average molecular weight is 456 g/mol. The maximum Gasteiger partial charge on any atom is 0.242 e. The lowest BCUT2D eigenvalue weighted by atomic mass is 9.93. The largest absolute Gasteiger partial charge is 0.325 e. The van der Waals surface area contributed by atoms with Crippen LogP contribution in [0.2, 0.25) is 0 Å². The normalized spacial score (nSPS) is 16.8. The molecule has 1 amide bonds. The van der Waals surface area contributed by atoms with E-state index in [1.807, 2.05) is 18.2 Å². The number of benzene rings is 2. The highest BCUT2D eigenvalue weighted by molar-refractivity contribution is 7.89. The van der Waals surface area contributed by atoms with Gasteiger partial charge in [-0.3, -0.25) is 9.69 Å². The van der Waals surface area contributed by atoms with Crippen molar-refractivity contribution in [3.63, 3.8) is 0 Å². The quantitative estimate of drug-likeness (QED) is 0.617. The molecule has 8 heteroatoms. The van der Waals surface area contributed by atoms with Crippen molar-refractivity contribution in [2.75, 3.05) is 32.5 Å². The number of nitrogens with one attached hydrogen (secondary N) is 1. The highest BCUT2D eigenvalue weighted by atomic mass is 32.2. The van der Waals surface area contributed by atoms with Gasteiger partial charge < -0.3 is 5.32 Å². The predicted octanol–water partition coefficient (Wildman–Crippen LogP) is 3.58. The number of thiophene rings is 1. The minimum absolute atomic E-state index is 0.0300. The summed E-state index contributed by atoms with van der Waals surface area (Å²) < 4.78 is 25.9. The van der Waals surface area contributed by atoms with Crippen molar-refractivity contribution in [1.82, 2.24) is 9.21 Å². The first-order valence-electron chi connectivity index (χ1n) is 10.0. The van der Waals surface area contributed by atoms with E-state index in [-0.39, 0.29) is 23.4 Å². The van der Waals surface area contributed by atoms with Crippen LogP contribution in [0.4, 0.5) is 5.69 Å². The highest BCUT2D eigenvalue weighted by Gasteiger charge is 2.30. The molecule has 2 heterocycles. The van der Waals surface area contributed by atoms with Crippen molar-refractivity contribution >= 4 is 33.0 Å². The van der Waals surface area contributed by atoms with E-state index < -0.39 is 10.0 Å². The SMILES string of the molecule is CN(C)S(=O)(=O)c1cccc(NC(=O)CN2CCc3sccc3C2c2ccccc2)c1. The molecule has 0 spiro atoms. The Labute approximate surface area is 187 Å². The number of carbonyl (C=O) groups excluding carboxylic acids is 1. The molecular formula is C23H25N3O3S2. The standard InChI is InChI=1S/C23H25N3O3S2/c1-25(2)31(28,29)19-10-6-9-18(15-19)24-22(27)16-26-13-11-21-20(12-14-30-21)23(26)17-7-4-3-5-8-17/h3-10,12,14-15,23H,11,13,16H2,1-2H3,(H,24,27). The molecule has 1 aliphatic rings. The molecule has 0 fully saturated rings. The number of sulfonamides is 1. The van der Waals surface area contributed by atoms with Gasteiger partial charge in [-0.05, 0) is 47.2 Å². The lowest BCUT2D eigenvalue weighted by molar-refractivity contribution is -0.117. The Bertz CT molecular complexity index is 1170. The third kappa shape index (κ3) is 4.57. The molecule has 31 heavy (non-hydrogen) atoms. The summed E-state index contributed by atoms with van der Waals surface area (Å²) in [5, 5.41) is 4.98. The summed E-state index contributed by atoms with van der Waals surface area (Å²) in [6, 6.07) is 18.8. The second kappa shape index (κ2) is 8.92. The average Bonchev–Trinajstić information content (AvgIpc) is 3.23. The Kier molecular flexibility index (Phi) is 6.24. The molecule has 0 saturated carbocycles. The van der Waals surface area contributed by atoms with E-state index >= 15 is 0 Å². The maximum atomic E-state index is 12.9. The molecule has 4 rings (SSSR count). The van der Waals surface area contributed by atoms with E-state index in [1.165, 1.54) is 36.7 Å². The fourth-order valence-corrected chi connectivity index (χ4v) is 5.75. The molecule has 6 nitrogen and oxygen atoms in total. The summed E-state index contributed by atoms with van der Waals surface area (Å²) >= 11 is 1.77. The molecule has 0 radical (unpaired) electrons. The van der Waals surface area contributed by atoms with E-state index in [0.717, 1.165) is 22.8 Å². The van der Waals surface area contributed by atoms with Gasteiger partial charge in [0.2, 0.25) is 15.9 Å². The van der Waals surface area contributed by atoms with Gasteiger partial charge in [0.05, 0.1) is 17.5 Å². The molecule has 1 N–H and O–H groups in total. The number of hydrogen-bond acceptors (Lipinski definition) is 5. The molecule has 0 aliphatic carbocycles. The van der Waals surface area contributed by atoms with Crippen LogP contribution in [0.5, 0.6) is 0 Å². The van der Waals surface area contributed by atoms with Gasteiger partial charge in [0.25, 0.3) is 0 Å². The molecular weight excluding hydrogens is 430 g/mol. The third-order valence-electron chi connectivity index (χ3n) is 5.42. The topological polar surface area (TPSA) is 69.7 Å². The summed E-state index contributed by atoms with van der Waals surface area (Å²) in [6.45, 7) is 1.01. The monoisotopic (exact) mass is 455 g/mol. The van der Waals surface area contributed by atoms with Gasteiger partial charge in [-0.15, -0.1) is 11.3 Å². The van der Waals surface area contributed by atoms with Crippen LogP contribution in [0.1, 0.15) is 22.0 Å². The Morgan fingerprint density at radius 2 is 1.90 bits per heavy atom. The molecule has 1 aliphatic heterocycles. The van der Waals surface area contributed by atoms with Crippen LogP contribution in [0.3, 0.4) is 0 Å². The van der Waals surface area contributed by atoms with Crippen molar-refractivity contribution < 1.29 is 13.2 Å². The van der Waals surface area contributed by atoms with Crippen molar-refractivity contribution in [3.05, 3.63) is 82.0 Å². The smallest absolute Gasteiger partial charge is 0.242 e. The zero-order valence-electron chi connectivity index (χ0n) is 17.5. The molecule has 1 aromatic heterocycles. The number of carbonyl (C=O) groups is 1. The minimum Gasteiger partial charge on any atom is -0.325 e. The fraction of sp³-hybridized carbons (Fsp3) is 0.261. The van der Waals surface area contributed by atoms with Crippen molar-refractivity contribution in [3.8, 4) is 0 Å². The van der Waals surface area contributed by atoms with Crippen molar-refractivity contribution in [2.24, 2.45) is 0 Å². The first-order chi connectivity index (χ1) is 14.9. The van der Waals surface area contributed by atoms with Crippen LogP contribution < -0.4 is 5.32 Å². The van der Waals surface area contributed by atoms with E-state index in [1.54, 1.807) is 23.5 Å². The Balaban J connectivity index is 1.53. The summed E-state index contributed by atoms with van der Waals surface area (Å²) in [5.41, 5.74) is 2.89. The summed E-state index contributed by atoms with van der Waals surface area (Å²) in [5.74, 6) is -0.168. The fourth-order valence-electron chi connectivity index (χ4n) is 3.89. The van der Waals surface area contributed by atoms with Crippen molar-refractivity contribution in [2.45, 2.75) is 17.4 Å². The lowest BCUT2D eigenvalue weighted by Crippen LogP contribution is -2.40. The van der Waals surface area contributed by atoms with E-state index in [2.05, 4.69) is 33.8 Å². The first-order valence-corrected chi connectivity index (χ1v) is 12.4.